The lowest BCUT2D eigenvalue weighted by Crippen LogP contribution is -2.16. The van der Waals surface area contributed by atoms with Crippen LogP contribution in [-0.2, 0) is 5.41 Å². The van der Waals surface area contributed by atoms with Crippen LogP contribution in [0.2, 0.25) is 0 Å². The van der Waals surface area contributed by atoms with Crippen molar-refractivity contribution in [2.45, 2.75) is 26.2 Å². The van der Waals surface area contributed by atoms with Gasteiger partial charge in [-0.15, -0.1) is 0 Å². The van der Waals surface area contributed by atoms with Gasteiger partial charge in [-0.05, 0) is 30.4 Å². The third-order valence-corrected chi connectivity index (χ3v) is 3.08. The molecule has 1 aromatic carbocycles. The molecule has 0 unspecified atom stereocenters. The summed E-state index contributed by atoms with van der Waals surface area (Å²) in [6.45, 7) is 6.40. The van der Waals surface area contributed by atoms with Crippen LogP contribution in [0.5, 0.6) is 0 Å². The van der Waals surface area contributed by atoms with Crippen molar-refractivity contribution in [3.8, 4) is 11.8 Å². The van der Waals surface area contributed by atoms with Crippen LogP contribution in [0.3, 0.4) is 0 Å². The topological polar surface area (TPSA) is 44.5 Å². The van der Waals surface area contributed by atoms with Gasteiger partial charge < -0.3 is 4.98 Å². The highest BCUT2D eigenvalue weighted by Gasteiger charge is 2.20. The van der Waals surface area contributed by atoms with Crippen LogP contribution in [0.1, 0.15) is 32.0 Å². The molecule has 0 radical (unpaired) electrons. The van der Waals surface area contributed by atoms with Gasteiger partial charge in [0.15, 0.2) is 4.77 Å². The van der Waals surface area contributed by atoms with Crippen molar-refractivity contribution in [1.29, 1.82) is 5.26 Å². The van der Waals surface area contributed by atoms with E-state index in [4.69, 9.17) is 17.5 Å². The predicted octanol–water partition coefficient (Wildman–Crippen LogP) is 3.70. The second-order valence-corrected chi connectivity index (χ2v) is 5.61. The monoisotopic (exact) mass is 257 g/mol. The van der Waals surface area contributed by atoms with Crippen LogP contribution in [-0.4, -0.2) is 9.55 Å². The third-order valence-electron chi connectivity index (χ3n) is 2.78. The summed E-state index contributed by atoms with van der Waals surface area (Å²) in [5, 5.41) is 8.96. The van der Waals surface area contributed by atoms with E-state index in [-0.39, 0.29) is 5.41 Å². The molecular formula is C14H15N3S. The van der Waals surface area contributed by atoms with Gasteiger partial charge in [0, 0.05) is 23.0 Å². The smallest absolute Gasteiger partial charge is 0.182 e. The quantitative estimate of drug-likeness (QED) is 0.792. The summed E-state index contributed by atoms with van der Waals surface area (Å²) in [7, 11) is 0. The highest BCUT2D eigenvalue weighted by molar-refractivity contribution is 7.71. The minimum Gasteiger partial charge on any atom is -0.337 e. The molecule has 0 aliphatic carbocycles. The summed E-state index contributed by atoms with van der Waals surface area (Å²) in [4.78, 5) is 3.07. The lowest BCUT2D eigenvalue weighted by Gasteiger charge is -2.20. The van der Waals surface area contributed by atoms with Gasteiger partial charge in [0.05, 0.1) is 11.6 Å². The number of hydrogen-bond acceptors (Lipinski definition) is 2. The van der Waals surface area contributed by atoms with Crippen LogP contribution in [0.4, 0.5) is 0 Å². The first-order valence-corrected chi connectivity index (χ1v) is 6.16. The molecular weight excluding hydrogens is 242 g/mol. The predicted molar refractivity (Wildman–Crippen MR) is 74.4 cm³/mol. The SMILES string of the molecule is CC(C)(C)c1c[nH]c(=S)n1-c1cccc(C#N)c1. The number of H-pyrrole nitrogens is 1. The molecule has 0 atom stereocenters. The average Bonchev–Trinajstić information content (AvgIpc) is 2.71. The number of nitrogens with zero attached hydrogens (tertiary/aromatic N) is 2. The Morgan fingerprint density at radius 3 is 2.67 bits per heavy atom. The molecule has 4 heteroatoms. The summed E-state index contributed by atoms with van der Waals surface area (Å²) < 4.78 is 2.63. The molecule has 0 amide bonds. The molecule has 18 heavy (non-hydrogen) atoms. The molecule has 3 nitrogen and oxygen atoms in total. The number of nitriles is 1. The van der Waals surface area contributed by atoms with Gasteiger partial charge in [-0.3, -0.25) is 4.57 Å². The van der Waals surface area contributed by atoms with Gasteiger partial charge >= 0.3 is 0 Å². The largest absolute Gasteiger partial charge is 0.337 e. The first kappa shape index (κ1) is 12.6. The van der Waals surface area contributed by atoms with E-state index in [1.165, 1.54) is 0 Å². The van der Waals surface area contributed by atoms with E-state index in [1.54, 1.807) is 6.07 Å². The summed E-state index contributed by atoms with van der Waals surface area (Å²) >= 11 is 5.33. The molecule has 92 valence electrons. The summed E-state index contributed by atoms with van der Waals surface area (Å²) in [6, 6.07) is 9.61. The Hall–Kier alpha value is -1.86. The van der Waals surface area contributed by atoms with E-state index in [1.807, 2.05) is 29.0 Å². The Morgan fingerprint density at radius 1 is 1.33 bits per heavy atom. The molecule has 0 bridgehead atoms. The van der Waals surface area contributed by atoms with Gasteiger partial charge in [-0.1, -0.05) is 26.8 Å². The van der Waals surface area contributed by atoms with E-state index in [9.17, 15) is 0 Å². The zero-order chi connectivity index (χ0) is 13.3. The maximum absolute atomic E-state index is 8.96. The fourth-order valence-corrected chi connectivity index (χ4v) is 2.15. The Labute approximate surface area is 112 Å². The maximum atomic E-state index is 8.96. The molecule has 2 aromatic rings. The van der Waals surface area contributed by atoms with Gasteiger partial charge in [-0.25, -0.2) is 0 Å². The molecule has 0 saturated heterocycles. The summed E-state index contributed by atoms with van der Waals surface area (Å²) in [5.41, 5.74) is 2.64. The lowest BCUT2D eigenvalue weighted by atomic mass is 9.92. The van der Waals surface area contributed by atoms with E-state index in [2.05, 4.69) is 31.8 Å². The van der Waals surface area contributed by atoms with Gasteiger partial charge in [0.2, 0.25) is 0 Å². The zero-order valence-electron chi connectivity index (χ0n) is 10.7. The molecule has 0 fully saturated rings. The number of hydrogen-bond donors (Lipinski definition) is 1. The number of aromatic amines is 1. The normalized spacial score (nSPS) is 11.2. The Bertz CT molecular complexity index is 665. The van der Waals surface area contributed by atoms with Gasteiger partial charge in [0.1, 0.15) is 0 Å². The van der Waals surface area contributed by atoms with Crippen molar-refractivity contribution >= 4 is 12.2 Å². The van der Waals surface area contributed by atoms with Crippen molar-refractivity contribution in [1.82, 2.24) is 9.55 Å². The first-order valence-electron chi connectivity index (χ1n) is 5.75. The molecule has 1 heterocycles. The fourth-order valence-electron chi connectivity index (χ4n) is 1.89. The van der Waals surface area contributed by atoms with E-state index >= 15 is 0 Å². The second kappa shape index (κ2) is 4.43. The standard InChI is InChI=1S/C14H15N3S/c1-14(2,3)12-9-16-13(18)17(12)11-6-4-5-10(7-11)8-15/h4-7,9H,1-3H3,(H,16,18). The molecule has 0 aliphatic heterocycles. The maximum Gasteiger partial charge on any atom is 0.182 e. The number of benzene rings is 1. The minimum atomic E-state index is -0.0177. The van der Waals surface area contributed by atoms with Crippen LogP contribution in [0.25, 0.3) is 5.69 Å². The number of nitrogens with one attached hydrogen (secondary N) is 1. The van der Waals surface area contributed by atoms with Crippen molar-refractivity contribution in [3.63, 3.8) is 0 Å². The van der Waals surface area contributed by atoms with Crippen molar-refractivity contribution < 1.29 is 0 Å². The van der Waals surface area contributed by atoms with Crippen molar-refractivity contribution in [2.24, 2.45) is 0 Å². The van der Waals surface area contributed by atoms with Crippen LogP contribution < -0.4 is 0 Å². The molecule has 1 aromatic heterocycles. The van der Waals surface area contributed by atoms with Crippen molar-refractivity contribution in [3.05, 3.63) is 46.5 Å². The highest BCUT2D eigenvalue weighted by Crippen LogP contribution is 2.25. The first-order chi connectivity index (χ1) is 8.43. The molecule has 0 spiro atoms. The zero-order valence-corrected chi connectivity index (χ0v) is 11.5. The van der Waals surface area contributed by atoms with E-state index in [0.717, 1.165) is 11.4 Å². The number of imidazole rings is 1. The van der Waals surface area contributed by atoms with E-state index in [0.29, 0.717) is 10.3 Å². The average molecular weight is 257 g/mol. The lowest BCUT2D eigenvalue weighted by molar-refractivity contribution is 0.556. The Kier molecular flexibility index (Phi) is 3.10. The van der Waals surface area contributed by atoms with E-state index < -0.39 is 0 Å². The Morgan fingerprint density at radius 2 is 2.06 bits per heavy atom. The molecule has 0 saturated carbocycles. The summed E-state index contributed by atoms with van der Waals surface area (Å²) in [5.74, 6) is 0. The molecule has 1 N–H and O–H groups in total. The second-order valence-electron chi connectivity index (χ2n) is 5.23. The minimum absolute atomic E-state index is 0.0177. The Balaban J connectivity index is 2.68. The molecule has 2 rings (SSSR count). The number of rotatable bonds is 1. The van der Waals surface area contributed by atoms with Crippen molar-refractivity contribution in [2.75, 3.05) is 0 Å². The van der Waals surface area contributed by atoms with Crippen LogP contribution in [0, 0.1) is 16.1 Å². The van der Waals surface area contributed by atoms with Gasteiger partial charge in [-0.2, -0.15) is 5.26 Å². The summed E-state index contributed by atoms with van der Waals surface area (Å²) in [6.07, 6.45) is 1.93. The number of aromatic nitrogens is 2. The van der Waals surface area contributed by atoms with Gasteiger partial charge in [0.25, 0.3) is 0 Å². The third kappa shape index (κ3) is 2.22. The highest BCUT2D eigenvalue weighted by atomic mass is 32.1. The van der Waals surface area contributed by atoms with Crippen LogP contribution >= 0.6 is 12.2 Å². The molecule has 0 aliphatic rings. The van der Waals surface area contributed by atoms with Crippen LogP contribution in [0.15, 0.2) is 30.5 Å². The fraction of sp³-hybridized carbons (Fsp3) is 0.286.